The van der Waals surface area contributed by atoms with Crippen molar-refractivity contribution >= 4 is 27.3 Å². The van der Waals surface area contributed by atoms with Gasteiger partial charge in [-0.3, -0.25) is 9.79 Å². The summed E-state index contributed by atoms with van der Waals surface area (Å²) in [5.74, 6) is -0.395. The Hall–Kier alpha value is -3.60. The van der Waals surface area contributed by atoms with Gasteiger partial charge in [0.15, 0.2) is 0 Å². The van der Waals surface area contributed by atoms with E-state index in [1.165, 1.54) is 24.3 Å². The number of halogens is 1. The van der Waals surface area contributed by atoms with Crippen molar-refractivity contribution in [1.82, 2.24) is 10.2 Å². The fourth-order valence-corrected chi connectivity index (χ4v) is 6.96. The number of ether oxygens (including phenoxy) is 1. The van der Waals surface area contributed by atoms with Gasteiger partial charge in [0.25, 0.3) is 5.91 Å². The van der Waals surface area contributed by atoms with Crippen molar-refractivity contribution in [3.05, 3.63) is 88.2 Å². The highest BCUT2D eigenvalue weighted by atomic mass is 32.2. The number of piperazine rings is 1. The second kappa shape index (κ2) is 12.3. The second-order valence-corrected chi connectivity index (χ2v) is 13.3. The number of fused-ring (bicyclic) bond motifs is 1. The van der Waals surface area contributed by atoms with Gasteiger partial charge in [-0.2, -0.15) is 0 Å². The molecule has 0 saturated carbocycles. The van der Waals surface area contributed by atoms with Crippen molar-refractivity contribution < 1.29 is 22.3 Å². The molecule has 1 saturated heterocycles. The molecule has 0 spiro atoms. The van der Waals surface area contributed by atoms with Crippen LogP contribution in [0.1, 0.15) is 39.5 Å². The fraction of sp³-hybridized carbons (Fsp3) is 0.375. The van der Waals surface area contributed by atoms with Gasteiger partial charge in [-0.15, -0.1) is 0 Å². The molecule has 0 aromatic heterocycles. The summed E-state index contributed by atoms with van der Waals surface area (Å²) in [5.41, 5.74) is 4.42. The van der Waals surface area contributed by atoms with Gasteiger partial charge in [0.2, 0.25) is 9.84 Å². The summed E-state index contributed by atoms with van der Waals surface area (Å²) in [4.78, 5) is 22.7. The molecule has 1 N–H and O–H groups in total. The smallest absolute Gasteiger partial charge is 0.257 e. The average Bonchev–Trinajstić information content (AvgIpc) is 3.34. The first-order valence-corrected chi connectivity index (χ1v) is 15.6. The van der Waals surface area contributed by atoms with Crippen molar-refractivity contribution in [2.45, 2.75) is 36.6 Å². The number of aryl methyl sites for hydroxylation is 1. The zero-order valence-corrected chi connectivity index (χ0v) is 25.3. The SMILES string of the molecule is COC[C@@H](C)Cc1cc(N2CCN(C)CC2)ccc1C(=O)NC1=NCc2ccc(S(=O)(=O)c3cc(C)cc(F)c3)cc21. The number of methoxy groups -OCH3 is 1. The number of nitrogens with one attached hydrogen (secondary N) is 1. The highest BCUT2D eigenvalue weighted by Crippen LogP contribution is 2.28. The molecule has 1 amide bonds. The quantitative estimate of drug-likeness (QED) is 0.421. The van der Waals surface area contributed by atoms with E-state index in [1.807, 2.05) is 12.1 Å². The molecule has 2 aliphatic rings. The summed E-state index contributed by atoms with van der Waals surface area (Å²) < 4.78 is 46.1. The van der Waals surface area contributed by atoms with E-state index in [2.05, 4.69) is 40.1 Å². The fourth-order valence-electron chi connectivity index (χ4n) is 5.56. The number of nitrogens with zero attached hydrogens (tertiary/aromatic N) is 3. The normalized spacial score (nSPS) is 16.2. The molecule has 8 nitrogen and oxygen atoms in total. The van der Waals surface area contributed by atoms with Gasteiger partial charge in [-0.25, -0.2) is 12.8 Å². The lowest BCUT2D eigenvalue weighted by Crippen LogP contribution is -2.44. The van der Waals surface area contributed by atoms with Crippen molar-refractivity contribution in [3.63, 3.8) is 0 Å². The predicted molar refractivity (Wildman–Crippen MR) is 162 cm³/mol. The molecule has 0 aliphatic carbocycles. The number of sulfone groups is 1. The van der Waals surface area contributed by atoms with Crippen LogP contribution < -0.4 is 10.2 Å². The highest BCUT2D eigenvalue weighted by molar-refractivity contribution is 7.91. The minimum Gasteiger partial charge on any atom is -0.384 e. The highest BCUT2D eigenvalue weighted by Gasteiger charge is 2.26. The number of hydrogen-bond donors (Lipinski definition) is 1. The Labute approximate surface area is 247 Å². The van der Waals surface area contributed by atoms with Gasteiger partial charge in [0.1, 0.15) is 11.7 Å². The molecular formula is C32H37FN4O4S. The molecule has 2 aliphatic heterocycles. The maximum Gasteiger partial charge on any atom is 0.257 e. The van der Waals surface area contributed by atoms with Crippen molar-refractivity contribution in [2.75, 3.05) is 51.8 Å². The average molecular weight is 593 g/mol. The van der Waals surface area contributed by atoms with Gasteiger partial charge in [-0.1, -0.05) is 13.0 Å². The molecule has 222 valence electrons. The number of carbonyl (C=O) groups is 1. The minimum absolute atomic E-state index is 0.0145. The van der Waals surface area contributed by atoms with Crippen molar-refractivity contribution in [2.24, 2.45) is 10.9 Å². The van der Waals surface area contributed by atoms with E-state index in [1.54, 1.807) is 20.1 Å². The molecule has 0 radical (unpaired) electrons. The molecule has 0 unspecified atom stereocenters. The van der Waals surface area contributed by atoms with E-state index in [0.717, 1.165) is 49.1 Å². The zero-order valence-electron chi connectivity index (χ0n) is 24.5. The van der Waals surface area contributed by atoms with Crippen LogP contribution >= 0.6 is 0 Å². The molecular weight excluding hydrogens is 555 g/mol. The number of anilines is 1. The van der Waals surface area contributed by atoms with Crippen LogP contribution in [0.4, 0.5) is 10.1 Å². The van der Waals surface area contributed by atoms with E-state index in [-0.39, 0.29) is 21.6 Å². The lowest BCUT2D eigenvalue weighted by molar-refractivity contribution is 0.0975. The topological polar surface area (TPSA) is 91.3 Å². The van der Waals surface area contributed by atoms with Gasteiger partial charge >= 0.3 is 0 Å². The molecule has 3 aromatic rings. The monoisotopic (exact) mass is 592 g/mol. The van der Waals surface area contributed by atoms with Crippen LogP contribution in [0.5, 0.6) is 0 Å². The first kappa shape index (κ1) is 29.9. The van der Waals surface area contributed by atoms with Crippen molar-refractivity contribution in [1.29, 1.82) is 0 Å². The molecule has 3 aromatic carbocycles. The Morgan fingerprint density at radius 2 is 1.81 bits per heavy atom. The standard InChI is InChI=1S/C32H37FN4O4S/c1-21-14-25(33)17-28(15-21)42(39,40)27-7-5-23-19-34-31(30(23)18-27)35-32(38)29-8-6-26(37-11-9-36(3)10-12-37)16-24(29)13-22(2)20-41-4/h5-8,14-18,22H,9-13,19-20H2,1-4H3,(H,34,35,38)/t22-/m0/s1. The van der Waals surface area contributed by atoms with Crippen LogP contribution in [0.3, 0.4) is 0 Å². The lowest BCUT2D eigenvalue weighted by Gasteiger charge is -2.34. The van der Waals surface area contributed by atoms with Gasteiger partial charge < -0.3 is 19.9 Å². The third-order valence-electron chi connectivity index (χ3n) is 7.83. The summed E-state index contributed by atoms with van der Waals surface area (Å²) in [6, 6.07) is 14.4. The van der Waals surface area contributed by atoms with E-state index in [9.17, 15) is 17.6 Å². The summed E-state index contributed by atoms with van der Waals surface area (Å²) in [6.07, 6.45) is 0.663. The number of hydrogen-bond acceptors (Lipinski definition) is 7. The molecule has 10 heteroatoms. The Morgan fingerprint density at radius 1 is 1.05 bits per heavy atom. The van der Waals surface area contributed by atoms with Crippen LogP contribution in [0, 0.1) is 18.7 Å². The van der Waals surface area contributed by atoms with Crippen LogP contribution in [-0.2, 0) is 27.5 Å². The maximum atomic E-state index is 14.0. The third-order valence-corrected chi connectivity index (χ3v) is 9.56. The third kappa shape index (κ3) is 6.40. The number of amidine groups is 1. The van der Waals surface area contributed by atoms with Crippen LogP contribution in [-0.4, -0.2) is 72.0 Å². The number of rotatable bonds is 8. The summed E-state index contributed by atoms with van der Waals surface area (Å²) in [6.45, 7) is 8.43. The first-order valence-electron chi connectivity index (χ1n) is 14.1. The molecule has 1 fully saturated rings. The van der Waals surface area contributed by atoms with Gasteiger partial charge in [0, 0.05) is 56.7 Å². The van der Waals surface area contributed by atoms with Gasteiger partial charge in [0.05, 0.1) is 16.3 Å². The minimum atomic E-state index is -3.98. The lowest BCUT2D eigenvalue weighted by atomic mass is 9.95. The summed E-state index contributed by atoms with van der Waals surface area (Å²) >= 11 is 0. The van der Waals surface area contributed by atoms with Crippen LogP contribution in [0.15, 0.2) is 69.4 Å². The number of benzene rings is 3. The Morgan fingerprint density at radius 3 is 2.52 bits per heavy atom. The Kier molecular flexibility index (Phi) is 8.77. The van der Waals surface area contributed by atoms with Crippen molar-refractivity contribution in [3.8, 4) is 0 Å². The second-order valence-electron chi connectivity index (χ2n) is 11.3. The molecule has 2 heterocycles. The van der Waals surface area contributed by atoms with Crippen LogP contribution in [0.2, 0.25) is 0 Å². The van der Waals surface area contributed by atoms with E-state index in [4.69, 9.17) is 4.74 Å². The first-order chi connectivity index (χ1) is 20.0. The molecule has 1 atom stereocenters. The predicted octanol–water partition coefficient (Wildman–Crippen LogP) is 4.23. The number of amides is 1. The molecule has 5 rings (SSSR count). The summed E-state index contributed by atoms with van der Waals surface area (Å²) in [5, 5.41) is 2.94. The zero-order chi connectivity index (χ0) is 30.0. The van der Waals surface area contributed by atoms with Crippen LogP contribution in [0.25, 0.3) is 0 Å². The van der Waals surface area contributed by atoms with E-state index >= 15 is 0 Å². The summed E-state index contributed by atoms with van der Waals surface area (Å²) in [7, 11) is -0.192. The Bertz CT molecular complexity index is 1610. The molecule has 0 bridgehead atoms. The Balaban J connectivity index is 1.41. The molecule has 42 heavy (non-hydrogen) atoms. The number of likely N-dealkylation sites (N-methyl/N-ethyl adjacent to an activating group) is 1. The largest absolute Gasteiger partial charge is 0.384 e. The maximum absolute atomic E-state index is 14.0. The van der Waals surface area contributed by atoms with E-state index < -0.39 is 15.7 Å². The van der Waals surface area contributed by atoms with E-state index in [0.29, 0.717) is 42.1 Å². The van der Waals surface area contributed by atoms with Gasteiger partial charge in [-0.05, 0) is 91.5 Å². The number of carbonyl (C=O) groups excluding carboxylic acids is 1. The number of aliphatic imine (C=N–C) groups is 1.